The fraction of sp³-hybridized carbons (Fsp3) is 0.143. The molecular weight excluding hydrogens is 256 g/mol. The minimum Gasteiger partial charge on any atom is -0.333 e. The average Bonchev–Trinajstić information content (AvgIpc) is 2.81. The van der Waals surface area contributed by atoms with Gasteiger partial charge in [-0.05, 0) is 36.9 Å². The molecule has 96 valence electrons. The van der Waals surface area contributed by atoms with Gasteiger partial charge in [-0.3, -0.25) is 0 Å². The zero-order chi connectivity index (χ0) is 13.2. The maximum atomic E-state index is 5.96. The van der Waals surface area contributed by atoms with Gasteiger partial charge in [-0.15, -0.1) is 0 Å². The molecule has 0 fully saturated rings. The lowest BCUT2D eigenvalue weighted by molar-refractivity contribution is 0.779. The fourth-order valence-electron chi connectivity index (χ4n) is 1.90. The Morgan fingerprint density at radius 3 is 2.84 bits per heavy atom. The van der Waals surface area contributed by atoms with Crippen molar-refractivity contribution in [3.05, 3.63) is 48.2 Å². The number of nitrogens with one attached hydrogen (secondary N) is 1. The van der Waals surface area contributed by atoms with Crippen LogP contribution in [0.3, 0.4) is 0 Å². The van der Waals surface area contributed by atoms with Gasteiger partial charge in [0.1, 0.15) is 5.03 Å². The van der Waals surface area contributed by atoms with E-state index in [-0.39, 0.29) is 6.04 Å². The van der Waals surface area contributed by atoms with Crippen LogP contribution in [0.4, 0.5) is 0 Å². The number of imidazole rings is 1. The van der Waals surface area contributed by atoms with Crippen LogP contribution in [0.15, 0.2) is 52.8 Å². The lowest BCUT2D eigenvalue weighted by Crippen LogP contribution is -2.07. The summed E-state index contributed by atoms with van der Waals surface area (Å²) in [7, 11) is 0. The van der Waals surface area contributed by atoms with E-state index in [1.165, 1.54) is 11.8 Å². The predicted octanol–water partition coefficient (Wildman–Crippen LogP) is 3.13. The number of nitrogens with two attached hydrogens (primary N) is 1. The minimum atomic E-state index is -0.0411. The maximum Gasteiger partial charge on any atom is 0.172 e. The van der Waals surface area contributed by atoms with E-state index in [9.17, 15) is 0 Å². The van der Waals surface area contributed by atoms with E-state index < -0.39 is 0 Å². The van der Waals surface area contributed by atoms with Crippen molar-refractivity contribution < 1.29 is 0 Å². The molecule has 0 aliphatic carbocycles. The second kappa shape index (κ2) is 5.03. The molecule has 1 aromatic carbocycles. The van der Waals surface area contributed by atoms with Gasteiger partial charge in [0.2, 0.25) is 0 Å². The van der Waals surface area contributed by atoms with Crippen LogP contribution < -0.4 is 5.73 Å². The molecule has 0 aliphatic heterocycles. The molecule has 19 heavy (non-hydrogen) atoms. The van der Waals surface area contributed by atoms with Gasteiger partial charge in [-0.2, -0.15) is 0 Å². The molecular formula is C14H14N4S. The van der Waals surface area contributed by atoms with Gasteiger partial charge in [0.05, 0.1) is 11.0 Å². The molecule has 3 rings (SSSR count). The van der Waals surface area contributed by atoms with E-state index in [4.69, 9.17) is 5.73 Å². The normalized spacial score (nSPS) is 12.7. The summed E-state index contributed by atoms with van der Waals surface area (Å²) in [5.41, 5.74) is 8.99. The minimum absolute atomic E-state index is 0.0411. The summed E-state index contributed by atoms with van der Waals surface area (Å²) in [4.78, 5) is 12.2. The summed E-state index contributed by atoms with van der Waals surface area (Å²) < 4.78 is 0. The van der Waals surface area contributed by atoms with Crippen LogP contribution >= 0.6 is 11.8 Å². The van der Waals surface area contributed by atoms with Gasteiger partial charge in [-0.25, -0.2) is 9.97 Å². The highest BCUT2D eigenvalue weighted by atomic mass is 32.2. The number of H-pyrrole nitrogens is 1. The molecule has 0 saturated heterocycles. The van der Waals surface area contributed by atoms with Crippen LogP contribution in [0.2, 0.25) is 0 Å². The third-order valence-corrected chi connectivity index (χ3v) is 3.77. The van der Waals surface area contributed by atoms with E-state index >= 15 is 0 Å². The molecule has 0 saturated carbocycles. The van der Waals surface area contributed by atoms with Crippen molar-refractivity contribution in [1.82, 2.24) is 15.0 Å². The van der Waals surface area contributed by atoms with Crippen molar-refractivity contribution in [2.45, 2.75) is 23.1 Å². The molecule has 0 aliphatic rings. The third kappa shape index (κ3) is 2.47. The molecule has 0 radical (unpaired) electrons. The van der Waals surface area contributed by atoms with E-state index in [0.29, 0.717) is 0 Å². The Kier molecular flexibility index (Phi) is 3.23. The van der Waals surface area contributed by atoms with Crippen molar-refractivity contribution in [2.24, 2.45) is 5.73 Å². The zero-order valence-corrected chi connectivity index (χ0v) is 11.3. The standard InChI is InChI=1S/C14H14N4S/c1-9(15)10-5-4-8-16-13(10)19-14-17-11-6-2-3-7-12(11)18-14/h2-9H,15H2,1H3,(H,17,18)/t9-/m1/s1. The van der Waals surface area contributed by atoms with Crippen molar-refractivity contribution >= 4 is 22.8 Å². The van der Waals surface area contributed by atoms with Crippen molar-refractivity contribution in [1.29, 1.82) is 0 Å². The molecule has 0 spiro atoms. The second-order valence-corrected chi connectivity index (χ2v) is 5.33. The van der Waals surface area contributed by atoms with Crippen molar-refractivity contribution in [3.8, 4) is 0 Å². The Labute approximate surface area is 115 Å². The number of rotatable bonds is 3. The molecule has 5 heteroatoms. The highest BCUT2D eigenvalue weighted by molar-refractivity contribution is 7.99. The van der Waals surface area contributed by atoms with Crippen LogP contribution in [0.5, 0.6) is 0 Å². The monoisotopic (exact) mass is 270 g/mol. The number of hydrogen-bond acceptors (Lipinski definition) is 4. The van der Waals surface area contributed by atoms with Crippen molar-refractivity contribution in [3.63, 3.8) is 0 Å². The Morgan fingerprint density at radius 2 is 2.05 bits per heavy atom. The summed E-state index contributed by atoms with van der Waals surface area (Å²) in [6.45, 7) is 1.96. The van der Waals surface area contributed by atoms with Crippen LogP contribution in [0.25, 0.3) is 11.0 Å². The second-order valence-electron chi connectivity index (χ2n) is 4.35. The summed E-state index contributed by atoms with van der Waals surface area (Å²) in [6.07, 6.45) is 1.77. The largest absolute Gasteiger partial charge is 0.333 e. The first-order valence-electron chi connectivity index (χ1n) is 6.07. The molecule has 3 aromatic rings. The Hall–Kier alpha value is -1.85. The van der Waals surface area contributed by atoms with Crippen LogP contribution in [0, 0.1) is 0 Å². The number of hydrogen-bond donors (Lipinski definition) is 2. The van der Waals surface area contributed by atoms with Crippen LogP contribution in [0.1, 0.15) is 18.5 Å². The summed E-state index contributed by atoms with van der Waals surface area (Å²) in [5.74, 6) is 0. The number of fused-ring (bicyclic) bond motifs is 1. The third-order valence-electron chi connectivity index (χ3n) is 2.85. The molecule has 0 amide bonds. The first kappa shape index (κ1) is 12.2. The number of nitrogens with zero attached hydrogens (tertiary/aromatic N) is 2. The molecule has 0 bridgehead atoms. The highest BCUT2D eigenvalue weighted by Gasteiger charge is 2.11. The zero-order valence-electron chi connectivity index (χ0n) is 10.5. The maximum absolute atomic E-state index is 5.96. The average molecular weight is 270 g/mol. The van der Waals surface area contributed by atoms with E-state index in [2.05, 4.69) is 15.0 Å². The molecule has 0 unspecified atom stereocenters. The lowest BCUT2D eigenvalue weighted by atomic mass is 10.2. The SMILES string of the molecule is C[C@@H](N)c1cccnc1Sc1nc2ccccc2[nH]1. The van der Waals surface area contributed by atoms with E-state index in [1.807, 2.05) is 43.3 Å². The topological polar surface area (TPSA) is 67.6 Å². The number of para-hydroxylation sites is 2. The van der Waals surface area contributed by atoms with Gasteiger partial charge in [0.25, 0.3) is 0 Å². The van der Waals surface area contributed by atoms with E-state index in [1.54, 1.807) is 6.20 Å². The number of benzene rings is 1. The summed E-state index contributed by atoms with van der Waals surface area (Å²) in [6, 6.07) is 11.8. The number of aromatic nitrogens is 3. The quantitative estimate of drug-likeness (QED) is 0.767. The smallest absolute Gasteiger partial charge is 0.172 e. The Morgan fingerprint density at radius 1 is 1.21 bits per heavy atom. The van der Waals surface area contributed by atoms with Crippen LogP contribution in [-0.2, 0) is 0 Å². The highest BCUT2D eigenvalue weighted by Crippen LogP contribution is 2.30. The first-order chi connectivity index (χ1) is 9.24. The Bertz CT molecular complexity index is 672. The predicted molar refractivity (Wildman–Crippen MR) is 77.1 cm³/mol. The van der Waals surface area contributed by atoms with Gasteiger partial charge in [0, 0.05) is 17.8 Å². The first-order valence-corrected chi connectivity index (χ1v) is 6.89. The van der Waals surface area contributed by atoms with Crippen molar-refractivity contribution in [2.75, 3.05) is 0 Å². The van der Waals surface area contributed by atoms with Gasteiger partial charge >= 0.3 is 0 Å². The fourth-order valence-corrected chi connectivity index (χ4v) is 2.88. The van der Waals surface area contributed by atoms with Crippen LogP contribution in [-0.4, -0.2) is 15.0 Å². The molecule has 2 heterocycles. The summed E-state index contributed by atoms with van der Waals surface area (Å²) in [5, 5.41) is 1.73. The summed E-state index contributed by atoms with van der Waals surface area (Å²) >= 11 is 1.51. The molecule has 2 aromatic heterocycles. The number of aromatic amines is 1. The molecule has 4 nitrogen and oxygen atoms in total. The lowest BCUT2D eigenvalue weighted by Gasteiger charge is -2.09. The van der Waals surface area contributed by atoms with Gasteiger partial charge < -0.3 is 10.7 Å². The number of pyridine rings is 1. The van der Waals surface area contributed by atoms with Gasteiger partial charge in [-0.1, -0.05) is 18.2 Å². The van der Waals surface area contributed by atoms with Gasteiger partial charge in [0.15, 0.2) is 5.16 Å². The molecule has 3 N–H and O–H groups in total. The Balaban J connectivity index is 1.97. The molecule has 1 atom stereocenters. The van der Waals surface area contributed by atoms with E-state index in [0.717, 1.165) is 26.8 Å².